The number of ether oxygens (including phenoxy) is 2. The molecule has 2 saturated heterocycles. The van der Waals surface area contributed by atoms with Crippen LogP contribution in [0.5, 0.6) is 0 Å². The molecule has 104 heavy (non-hydrogen) atoms. The average molecular weight is 1470 g/mol. The van der Waals surface area contributed by atoms with Crippen LogP contribution in [-0.4, -0.2) is 284 Å². The van der Waals surface area contributed by atoms with E-state index in [0.29, 0.717) is 44.4 Å². The van der Waals surface area contributed by atoms with Gasteiger partial charge in [-0.3, -0.25) is 57.5 Å². The first kappa shape index (κ1) is 84.4. The van der Waals surface area contributed by atoms with E-state index in [9.17, 15) is 41.9 Å². The standard InChI is InChI=1S/C75H121F3N12O14/c1-15-24-54-65(94)80-63(47(5)16-2)71(100)84(9)45-62(93)86(11)55-27-19-18-22-38-89(70(55)99)58(39-48-30-28-46(4)29-31-48)69(98)83(8)44-60(91)79-53(35-33-49-32-34-52(75(76,77)78)59(40-49)103-14)67(96)90-43-51(104-17-3)41-56(90)66(95)81-74(36-23-37-74)73(102)88(13)64(50-25-20-21-26-50)72(101)87(12)57(68(97)82(6)7)42-61(92)85(54)10/h18-19,46-59,63-64H,15-17,20-45H2,1-14H3,(H,79,91)(H,80,94)(H,81,95)/b19-18-/t46?,47-,48?,49?,51+,52?,53-,54-,55-,56-,57-,58-,59?,63-,64-/m0/s1. The Kier molecular flexibility index (Phi) is 30.5. The summed E-state index contributed by atoms with van der Waals surface area (Å²) in [5.74, 6) is -10.3. The SMILES string of the molecule is CCC[C@H]1C(=O)N[C@@H]([C@@H](C)CC)C(=O)N(C)CC(=O)N(C)[C@H]2C/C=C\CCN(C2=O)[C@@H](CC2CCC(C)CC2)C(=O)N(C)CC(=O)N[C@@H](CCC2CCC(C(F)(F)F)C(OC)C2)C(=O)N2C[C@H](OCC)C[C@H]2C(=O)NC2(CCC2)C(=O)N(C)[C@@H](C2CCCC2)C(=O)N(C)[C@H](C(=O)N(C)C)CC(=O)N1C. The molecule has 7 rings (SSSR count). The van der Waals surface area contributed by atoms with Crippen LogP contribution in [0, 0.1) is 35.5 Å². The minimum absolute atomic E-state index is 0.00190. The number of carbonyl (C=O) groups is 12. The molecule has 26 nitrogen and oxygen atoms in total. The van der Waals surface area contributed by atoms with E-state index in [0.717, 1.165) is 38.5 Å². The Hall–Kier alpha value is -6.91. The van der Waals surface area contributed by atoms with Gasteiger partial charge in [0.2, 0.25) is 70.9 Å². The number of hydrogen-bond acceptors (Lipinski definition) is 14. The summed E-state index contributed by atoms with van der Waals surface area (Å²) >= 11 is 0. The van der Waals surface area contributed by atoms with Crippen molar-refractivity contribution >= 4 is 70.9 Å². The summed E-state index contributed by atoms with van der Waals surface area (Å²) in [5.41, 5.74) is -1.58. The van der Waals surface area contributed by atoms with Gasteiger partial charge in [0.05, 0.1) is 37.6 Å². The maximum Gasteiger partial charge on any atom is 0.394 e. The summed E-state index contributed by atoms with van der Waals surface area (Å²) in [5, 5.41) is 8.81. The third-order valence-electron chi connectivity index (χ3n) is 23.9. The number of carbonyl (C=O) groups excluding carboxylic acids is 12. The van der Waals surface area contributed by atoms with Crippen LogP contribution in [0.4, 0.5) is 13.2 Å². The fourth-order valence-electron chi connectivity index (χ4n) is 16.9. The second-order valence-corrected chi connectivity index (χ2v) is 31.3. The van der Waals surface area contributed by atoms with Crippen LogP contribution in [0.15, 0.2) is 12.2 Å². The maximum absolute atomic E-state index is 15.6. The first-order valence-corrected chi connectivity index (χ1v) is 38.3. The molecule has 6 fully saturated rings. The zero-order chi connectivity index (χ0) is 76.8. The number of alkyl halides is 3. The van der Waals surface area contributed by atoms with Gasteiger partial charge in [0, 0.05) is 89.6 Å². The zero-order valence-electron chi connectivity index (χ0n) is 64.3. The van der Waals surface area contributed by atoms with E-state index in [-0.39, 0.29) is 102 Å². The number of hydrogen-bond donors (Lipinski definition) is 3. The number of rotatable bonds is 14. The first-order chi connectivity index (χ1) is 49.1. The molecule has 12 amide bonds. The number of methoxy groups -OCH3 is 1. The van der Waals surface area contributed by atoms with E-state index in [2.05, 4.69) is 22.9 Å². The minimum Gasteiger partial charge on any atom is -0.381 e. The molecular formula is C75H121F3N12O14. The van der Waals surface area contributed by atoms with Crippen molar-refractivity contribution in [1.82, 2.24) is 60.0 Å². The molecule has 0 aromatic rings. The van der Waals surface area contributed by atoms with Gasteiger partial charge in [-0.15, -0.1) is 0 Å². The molecule has 0 aromatic carbocycles. The largest absolute Gasteiger partial charge is 0.394 e. The Balaban J connectivity index is 1.31. The second-order valence-electron chi connectivity index (χ2n) is 31.3. The van der Waals surface area contributed by atoms with Crippen LogP contribution >= 0.6 is 0 Å². The Morgan fingerprint density at radius 2 is 1.33 bits per heavy atom. The maximum atomic E-state index is 15.6. The predicted octanol–water partition coefficient (Wildman–Crippen LogP) is 5.29. The van der Waals surface area contributed by atoms with Crippen LogP contribution in [0.3, 0.4) is 0 Å². The smallest absolute Gasteiger partial charge is 0.381 e. The van der Waals surface area contributed by atoms with Gasteiger partial charge in [0.15, 0.2) is 0 Å². The molecule has 4 saturated carbocycles. The van der Waals surface area contributed by atoms with Crippen LogP contribution < -0.4 is 16.0 Å². The number of fused-ring (bicyclic) bond motifs is 3. The molecule has 0 aromatic heterocycles. The average Bonchev–Trinajstić information content (AvgIpc) is 1.15. The van der Waals surface area contributed by atoms with Crippen molar-refractivity contribution in [1.29, 1.82) is 0 Å². The molecule has 3 aliphatic heterocycles. The number of likely N-dealkylation sites (N-methyl/N-ethyl adjacent to an activating group) is 7. The van der Waals surface area contributed by atoms with Gasteiger partial charge < -0.3 is 69.5 Å². The molecule has 2 bridgehead atoms. The highest BCUT2D eigenvalue weighted by atomic mass is 19.4. The van der Waals surface area contributed by atoms with Crippen molar-refractivity contribution in [2.24, 2.45) is 35.5 Å². The minimum atomic E-state index is -4.52. The molecule has 0 radical (unpaired) electrons. The summed E-state index contributed by atoms with van der Waals surface area (Å²) in [6, 6.07) is -10.0. The molecule has 29 heteroatoms. The predicted molar refractivity (Wildman–Crippen MR) is 382 cm³/mol. The summed E-state index contributed by atoms with van der Waals surface area (Å²) in [6.45, 7) is 8.33. The van der Waals surface area contributed by atoms with Crippen molar-refractivity contribution in [2.45, 2.75) is 261 Å². The van der Waals surface area contributed by atoms with E-state index in [1.54, 1.807) is 19.9 Å². The normalized spacial score (nSPS) is 31.8. The van der Waals surface area contributed by atoms with Gasteiger partial charge in [-0.25, -0.2) is 0 Å². The van der Waals surface area contributed by atoms with Crippen LogP contribution in [0.2, 0.25) is 0 Å². The Labute approximate surface area is 613 Å². The molecule has 586 valence electrons. The lowest BCUT2D eigenvalue weighted by Gasteiger charge is -2.46. The van der Waals surface area contributed by atoms with Crippen molar-refractivity contribution in [3.8, 4) is 0 Å². The van der Waals surface area contributed by atoms with Crippen molar-refractivity contribution in [2.75, 3.05) is 96.3 Å². The lowest BCUT2D eigenvalue weighted by atomic mass is 9.74. The van der Waals surface area contributed by atoms with Crippen LogP contribution in [0.1, 0.15) is 189 Å². The van der Waals surface area contributed by atoms with Crippen LogP contribution in [0.25, 0.3) is 0 Å². The molecule has 3 heterocycles. The molecule has 1 spiro atoms. The number of amides is 12. The third-order valence-corrected chi connectivity index (χ3v) is 23.9. The topological polar surface area (TPSA) is 289 Å². The lowest BCUT2D eigenvalue weighted by Crippen LogP contribution is -2.68. The second kappa shape index (κ2) is 37.6. The highest BCUT2D eigenvalue weighted by molar-refractivity contribution is 6.01. The van der Waals surface area contributed by atoms with Gasteiger partial charge in [0.25, 0.3) is 0 Å². The number of nitrogens with zero attached hydrogens (tertiary/aromatic N) is 9. The Morgan fingerprint density at radius 3 is 1.92 bits per heavy atom. The highest BCUT2D eigenvalue weighted by Crippen LogP contribution is 2.43. The summed E-state index contributed by atoms with van der Waals surface area (Å²) in [6.07, 6.45) is 4.88. The Morgan fingerprint density at radius 1 is 0.673 bits per heavy atom. The van der Waals surface area contributed by atoms with Crippen molar-refractivity contribution < 1.29 is 80.2 Å². The van der Waals surface area contributed by atoms with Crippen LogP contribution in [-0.2, 0) is 67.0 Å². The zero-order valence-corrected chi connectivity index (χ0v) is 64.3. The van der Waals surface area contributed by atoms with Gasteiger partial charge in [0.1, 0.15) is 53.9 Å². The van der Waals surface area contributed by atoms with E-state index < -0.39 is 180 Å². The molecule has 13 atom stereocenters. The fourth-order valence-corrected chi connectivity index (χ4v) is 16.9. The van der Waals surface area contributed by atoms with E-state index in [1.165, 1.54) is 108 Å². The summed E-state index contributed by atoms with van der Waals surface area (Å²) in [7, 11) is 12.8. The molecule has 4 aliphatic carbocycles. The monoisotopic (exact) mass is 1470 g/mol. The highest BCUT2D eigenvalue weighted by Gasteiger charge is 2.54. The quantitative estimate of drug-likeness (QED) is 0.186. The van der Waals surface area contributed by atoms with E-state index >= 15 is 28.8 Å². The van der Waals surface area contributed by atoms with Gasteiger partial charge >= 0.3 is 6.18 Å². The number of halogens is 3. The summed E-state index contributed by atoms with van der Waals surface area (Å²) < 4.78 is 54.4. The van der Waals surface area contributed by atoms with Crippen molar-refractivity contribution in [3.63, 3.8) is 0 Å². The summed E-state index contributed by atoms with van der Waals surface area (Å²) in [4.78, 5) is 193. The first-order valence-electron chi connectivity index (χ1n) is 38.3. The molecule has 3 N–H and O–H groups in total. The van der Waals surface area contributed by atoms with E-state index in [4.69, 9.17) is 9.47 Å². The Bertz CT molecular complexity index is 3070. The lowest BCUT2D eigenvalue weighted by molar-refractivity contribution is -0.215. The van der Waals surface area contributed by atoms with Gasteiger partial charge in [-0.2, -0.15) is 13.2 Å². The molecule has 3 unspecified atom stereocenters. The number of nitrogens with one attached hydrogen (secondary N) is 3. The van der Waals surface area contributed by atoms with E-state index in [1.807, 2.05) is 19.9 Å². The van der Waals surface area contributed by atoms with Crippen molar-refractivity contribution in [3.05, 3.63) is 12.2 Å². The van der Waals surface area contributed by atoms with Gasteiger partial charge in [-0.1, -0.05) is 91.2 Å². The fraction of sp³-hybridized carbons (Fsp3) is 0.813. The molecule has 7 aliphatic rings. The van der Waals surface area contributed by atoms with Gasteiger partial charge in [-0.05, 0) is 126 Å². The third kappa shape index (κ3) is 20.4. The molecular weight excluding hydrogens is 1350 g/mol.